The Kier molecular flexibility index (Phi) is 4.44. The van der Waals surface area contributed by atoms with Crippen molar-refractivity contribution in [1.29, 1.82) is 0 Å². The second kappa shape index (κ2) is 6.09. The largest absolute Gasteiger partial charge is 0.399 e. The van der Waals surface area contributed by atoms with Crippen LogP contribution in [0.2, 0.25) is 0 Å². The van der Waals surface area contributed by atoms with E-state index in [0.717, 1.165) is 21.0 Å². The number of nitrogens with zero attached hydrogens (tertiary/aromatic N) is 1. The van der Waals surface area contributed by atoms with Gasteiger partial charge in [0.25, 0.3) is 0 Å². The molecule has 1 unspecified atom stereocenters. The van der Waals surface area contributed by atoms with E-state index in [-0.39, 0.29) is 11.9 Å². The van der Waals surface area contributed by atoms with E-state index in [0.29, 0.717) is 12.5 Å². The first-order valence-electron chi connectivity index (χ1n) is 6.66. The van der Waals surface area contributed by atoms with Crippen LogP contribution in [0.3, 0.4) is 0 Å². The zero-order chi connectivity index (χ0) is 14.7. The summed E-state index contributed by atoms with van der Waals surface area (Å²) in [6.07, 6.45) is 0. The number of nitrogens with two attached hydrogens (primary N) is 1. The average molecular weight is 292 g/mol. The fraction of sp³-hybridized carbons (Fsp3) is 0.429. The summed E-state index contributed by atoms with van der Waals surface area (Å²) in [7, 11) is 0. The summed E-state index contributed by atoms with van der Waals surface area (Å²) in [5, 5.41) is 6.76. The number of fused-ring (bicyclic) bond motifs is 1. The molecule has 1 heterocycles. The Morgan fingerprint density at radius 1 is 1.40 bits per heavy atom. The first kappa shape index (κ1) is 14.6. The van der Waals surface area contributed by atoms with Crippen molar-refractivity contribution < 1.29 is 4.79 Å². The number of hydrogen-bond acceptors (Lipinski definition) is 5. The number of nitrogens with one attached hydrogen (secondary N) is 2. The van der Waals surface area contributed by atoms with Gasteiger partial charge in [-0.2, -0.15) is 0 Å². The van der Waals surface area contributed by atoms with Crippen LogP contribution in [-0.4, -0.2) is 23.5 Å². The molecule has 0 saturated carbocycles. The van der Waals surface area contributed by atoms with Gasteiger partial charge in [0.15, 0.2) is 5.13 Å². The zero-order valence-electron chi connectivity index (χ0n) is 11.9. The Balaban J connectivity index is 2.02. The van der Waals surface area contributed by atoms with Gasteiger partial charge in [-0.25, -0.2) is 4.98 Å². The van der Waals surface area contributed by atoms with E-state index < -0.39 is 0 Å². The summed E-state index contributed by atoms with van der Waals surface area (Å²) in [5.41, 5.74) is 7.35. The van der Waals surface area contributed by atoms with Crippen molar-refractivity contribution in [2.75, 3.05) is 17.6 Å². The van der Waals surface area contributed by atoms with E-state index >= 15 is 0 Å². The van der Waals surface area contributed by atoms with Gasteiger partial charge in [-0.05, 0) is 31.0 Å². The number of thiazole rings is 1. The van der Waals surface area contributed by atoms with Crippen LogP contribution in [0.15, 0.2) is 18.2 Å². The van der Waals surface area contributed by atoms with E-state index in [1.54, 1.807) is 0 Å². The number of aromatic nitrogens is 1. The molecule has 0 fully saturated rings. The highest BCUT2D eigenvalue weighted by Gasteiger charge is 2.14. The maximum Gasteiger partial charge on any atom is 0.242 e. The first-order valence-corrected chi connectivity index (χ1v) is 7.47. The molecule has 0 aliphatic carbocycles. The molecule has 0 bridgehead atoms. The second-order valence-corrected chi connectivity index (χ2v) is 6.28. The van der Waals surface area contributed by atoms with Gasteiger partial charge in [0, 0.05) is 12.2 Å². The molecule has 2 rings (SSSR count). The van der Waals surface area contributed by atoms with Crippen LogP contribution < -0.4 is 16.4 Å². The fourth-order valence-electron chi connectivity index (χ4n) is 1.71. The number of nitrogen functional groups attached to an aromatic ring is 1. The van der Waals surface area contributed by atoms with E-state index in [4.69, 9.17) is 5.73 Å². The van der Waals surface area contributed by atoms with Crippen LogP contribution in [0.1, 0.15) is 20.8 Å². The highest BCUT2D eigenvalue weighted by atomic mass is 32.1. The molecule has 0 aliphatic rings. The molecule has 6 heteroatoms. The van der Waals surface area contributed by atoms with Gasteiger partial charge < -0.3 is 16.4 Å². The third-order valence-corrected chi connectivity index (χ3v) is 3.78. The SMILES string of the molecule is CC(C)CNC(=O)C(C)Nc1nc2ccc(N)cc2s1. The smallest absolute Gasteiger partial charge is 0.242 e. The van der Waals surface area contributed by atoms with Crippen molar-refractivity contribution in [1.82, 2.24) is 10.3 Å². The number of benzene rings is 1. The van der Waals surface area contributed by atoms with Crippen LogP contribution >= 0.6 is 11.3 Å². The van der Waals surface area contributed by atoms with E-state index in [1.165, 1.54) is 11.3 Å². The van der Waals surface area contributed by atoms with Gasteiger partial charge >= 0.3 is 0 Å². The number of carbonyl (C=O) groups is 1. The summed E-state index contributed by atoms with van der Waals surface area (Å²) in [5.74, 6) is 0.425. The van der Waals surface area contributed by atoms with Gasteiger partial charge in [-0.15, -0.1) is 0 Å². The molecule has 5 nitrogen and oxygen atoms in total. The molecule has 4 N–H and O–H groups in total. The predicted octanol–water partition coefficient (Wildman–Crippen LogP) is 2.45. The quantitative estimate of drug-likeness (QED) is 0.740. The van der Waals surface area contributed by atoms with E-state index in [1.807, 2.05) is 25.1 Å². The average Bonchev–Trinajstić information content (AvgIpc) is 2.76. The van der Waals surface area contributed by atoms with Crippen LogP contribution in [-0.2, 0) is 4.79 Å². The van der Waals surface area contributed by atoms with Gasteiger partial charge in [-0.1, -0.05) is 25.2 Å². The Bertz CT molecular complexity index is 608. The number of hydrogen-bond donors (Lipinski definition) is 3. The highest BCUT2D eigenvalue weighted by molar-refractivity contribution is 7.22. The summed E-state index contributed by atoms with van der Waals surface area (Å²) in [4.78, 5) is 16.3. The van der Waals surface area contributed by atoms with Crippen molar-refractivity contribution in [2.45, 2.75) is 26.8 Å². The molecule has 1 aromatic carbocycles. The zero-order valence-corrected chi connectivity index (χ0v) is 12.8. The van der Waals surface area contributed by atoms with Crippen molar-refractivity contribution in [3.63, 3.8) is 0 Å². The Morgan fingerprint density at radius 3 is 2.85 bits per heavy atom. The minimum Gasteiger partial charge on any atom is -0.399 e. The fourth-order valence-corrected chi connectivity index (χ4v) is 2.71. The molecular weight excluding hydrogens is 272 g/mol. The normalized spacial score (nSPS) is 12.6. The van der Waals surface area contributed by atoms with Crippen LogP contribution in [0.5, 0.6) is 0 Å². The standard InChI is InChI=1S/C14H20N4OS/c1-8(2)7-16-13(19)9(3)17-14-18-11-5-4-10(15)6-12(11)20-14/h4-6,8-9H,7,15H2,1-3H3,(H,16,19)(H,17,18). The molecule has 0 spiro atoms. The number of anilines is 2. The Morgan fingerprint density at radius 2 is 2.15 bits per heavy atom. The lowest BCUT2D eigenvalue weighted by Crippen LogP contribution is -2.39. The van der Waals surface area contributed by atoms with E-state index in [2.05, 4.69) is 29.5 Å². The molecular formula is C14H20N4OS. The molecule has 20 heavy (non-hydrogen) atoms. The number of carbonyl (C=O) groups excluding carboxylic acids is 1. The van der Waals surface area contributed by atoms with Crippen LogP contribution in [0.25, 0.3) is 10.2 Å². The third-order valence-electron chi connectivity index (χ3n) is 2.83. The topological polar surface area (TPSA) is 80.0 Å². The van der Waals surface area contributed by atoms with Gasteiger partial charge in [0.2, 0.25) is 5.91 Å². The number of rotatable bonds is 5. The minimum atomic E-state index is -0.313. The predicted molar refractivity (Wildman–Crippen MR) is 85.0 cm³/mol. The monoisotopic (exact) mass is 292 g/mol. The molecule has 2 aromatic rings. The maximum atomic E-state index is 11.9. The van der Waals surface area contributed by atoms with E-state index in [9.17, 15) is 4.79 Å². The van der Waals surface area contributed by atoms with Crippen LogP contribution in [0.4, 0.5) is 10.8 Å². The van der Waals surface area contributed by atoms with Gasteiger partial charge in [0.05, 0.1) is 10.2 Å². The van der Waals surface area contributed by atoms with Gasteiger partial charge in [0.1, 0.15) is 6.04 Å². The van der Waals surface area contributed by atoms with Crippen molar-refractivity contribution in [2.24, 2.45) is 5.92 Å². The van der Waals surface area contributed by atoms with Gasteiger partial charge in [-0.3, -0.25) is 4.79 Å². The number of amides is 1. The van der Waals surface area contributed by atoms with Crippen molar-refractivity contribution in [3.05, 3.63) is 18.2 Å². The molecule has 1 aromatic heterocycles. The lowest BCUT2D eigenvalue weighted by atomic mass is 10.2. The first-order chi connectivity index (χ1) is 9.45. The molecule has 0 aliphatic heterocycles. The summed E-state index contributed by atoms with van der Waals surface area (Å²) >= 11 is 1.50. The lowest BCUT2D eigenvalue weighted by Gasteiger charge is -2.14. The lowest BCUT2D eigenvalue weighted by molar-refractivity contribution is -0.121. The maximum absolute atomic E-state index is 11.9. The molecule has 1 amide bonds. The molecule has 108 valence electrons. The summed E-state index contributed by atoms with van der Waals surface area (Å²) in [6, 6.07) is 5.29. The second-order valence-electron chi connectivity index (χ2n) is 5.25. The minimum absolute atomic E-state index is 0.0162. The molecule has 0 radical (unpaired) electrons. The third kappa shape index (κ3) is 3.60. The van der Waals surface area contributed by atoms with Crippen LogP contribution in [0, 0.1) is 5.92 Å². The highest BCUT2D eigenvalue weighted by Crippen LogP contribution is 2.27. The van der Waals surface area contributed by atoms with Crippen molar-refractivity contribution >= 4 is 38.3 Å². The molecule has 1 atom stereocenters. The Hall–Kier alpha value is -1.82. The molecule has 0 saturated heterocycles. The van der Waals surface area contributed by atoms with Crippen molar-refractivity contribution in [3.8, 4) is 0 Å². The Labute approximate surface area is 122 Å². The summed E-state index contributed by atoms with van der Waals surface area (Å²) in [6.45, 7) is 6.64. The summed E-state index contributed by atoms with van der Waals surface area (Å²) < 4.78 is 1.02.